The van der Waals surface area contributed by atoms with Crippen LogP contribution in [0.25, 0.3) is 0 Å². The first-order valence-electron chi connectivity index (χ1n) is 7.89. The number of amidine groups is 1. The Labute approximate surface area is 155 Å². The lowest BCUT2D eigenvalue weighted by atomic mass is 10.1. The van der Waals surface area contributed by atoms with Crippen LogP contribution in [0.4, 0.5) is 11.5 Å². The number of aromatic nitrogens is 2. The topological polar surface area (TPSA) is 98.6 Å². The molecule has 0 atom stereocenters. The molecule has 3 aromatic rings. The van der Waals surface area contributed by atoms with E-state index in [1.54, 1.807) is 12.1 Å². The number of nitrogens with zero attached hydrogens (tertiary/aromatic N) is 3. The van der Waals surface area contributed by atoms with E-state index in [0.717, 1.165) is 22.4 Å². The maximum Gasteiger partial charge on any atom is 0.199 e. The summed E-state index contributed by atoms with van der Waals surface area (Å²) < 4.78 is 4.68. The molecule has 0 amide bonds. The molecule has 0 radical (unpaired) electrons. The number of aryl methyl sites for hydroxylation is 2. The van der Waals surface area contributed by atoms with Gasteiger partial charge in [-0.3, -0.25) is 4.84 Å². The zero-order valence-electron chi connectivity index (χ0n) is 14.4. The van der Waals surface area contributed by atoms with Crippen molar-refractivity contribution in [2.45, 2.75) is 20.5 Å². The average molecular weight is 372 g/mol. The van der Waals surface area contributed by atoms with Crippen LogP contribution in [0, 0.1) is 13.8 Å². The number of hydroxylamine groups is 1. The molecule has 3 rings (SSSR count). The molecule has 0 aliphatic rings. The van der Waals surface area contributed by atoms with E-state index in [-0.39, 0.29) is 11.5 Å². The number of nitrogen functional groups attached to an aromatic ring is 1. The highest BCUT2D eigenvalue weighted by Crippen LogP contribution is 2.21. The average Bonchev–Trinajstić information content (AvgIpc) is 3.05. The molecule has 2 aromatic carbocycles. The van der Waals surface area contributed by atoms with E-state index in [4.69, 9.17) is 22.2 Å². The van der Waals surface area contributed by atoms with Gasteiger partial charge in [0.05, 0.1) is 12.3 Å². The number of nitrogens with one attached hydrogen (secondary N) is 1. The highest BCUT2D eigenvalue weighted by Gasteiger charge is 2.15. The molecule has 0 bridgehead atoms. The zero-order valence-corrected chi connectivity index (χ0v) is 15.1. The number of anilines is 1. The molecule has 0 saturated carbocycles. The molecule has 8 heteroatoms. The van der Waals surface area contributed by atoms with Crippen molar-refractivity contribution in [3.63, 3.8) is 0 Å². The summed E-state index contributed by atoms with van der Waals surface area (Å²) in [4.78, 5) is 10.1. The van der Waals surface area contributed by atoms with Crippen molar-refractivity contribution in [2.75, 3.05) is 5.73 Å². The summed E-state index contributed by atoms with van der Waals surface area (Å²) >= 11 is 5.88. The molecule has 1 aromatic heterocycles. The second-order valence-electron chi connectivity index (χ2n) is 5.77. The van der Waals surface area contributed by atoms with E-state index in [1.165, 1.54) is 0 Å². The van der Waals surface area contributed by atoms with Gasteiger partial charge in [0.25, 0.3) is 0 Å². The smallest absolute Gasteiger partial charge is 0.199 e. The molecule has 0 aliphatic heterocycles. The fourth-order valence-corrected chi connectivity index (χ4v) is 2.34. The Hall–Kier alpha value is -2.90. The predicted octanol–water partition coefficient (Wildman–Crippen LogP) is 3.72. The van der Waals surface area contributed by atoms with E-state index in [2.05, 4.69) is 25.4 Å². The zero-order chi connectivity index (χ0) is 18.5. The van der Waals surface area contributed by atoms with Gasteiger partial charge in [-0.25, -0.2) is 15.1 Å². The van der Waals surface area contributed by atoms with Crippen molar-refractivity contribution in [3.8, 4) is 0 Å². The Kier molecular flexibility index (Phi) is 5.50. The lowest BCUT2D eigenvalue weighted by Gasteiger charge is -2.10. The first-order chi connectivity index (χ1) is 12.5. The Balaban J connectivity index is 1.82. The minimum atomic E-state index is 0.122. The number of hydrogen-bond acceptors (Lipinski definition) is 6. The predicted molar refractivity (Wildman–Crippen MR) is 100 cm³/mol. The molecule has 0 fully saturated rings. The van der Waals surface area contributed by atoms with Gasteiger partial charge in [0.2, 0.25) is 0 Å². The van der Waals surface area contributed by atoms with Gasteiger partial charge >= 0.3 is 0 Å². The van der Waals surface area contributed by atoms with E-state index in [0.29, 0.717) is 17.5 Å². The Morgan fingerprint density at radius 3 is 2.65 bits per heavy atom. The van der Waals surface area contributed by atoms with Gasteiger partial charge in [0.1, 0.15) is 0 Å². The molecule has 0 unspecified atom stereocenters. The van der Waals surface area contributed by atoms with Gasteiger partial charge in [-0.05, 0) is 59.1 Å². The highest BCUT2D eigenvalue weighted by molar-refractivity contribution is 6.30. The molecule has 0 aliphatic carbocycles. The number of aliphatic imine (C=N–C) groups is 1. The summed E-state index contributed by atoms with van der Waals surface area (Å²) in [7, 11) is 0. The van der Waals surface area contributed by atoms with Crippen molar-refractivity contribution in [2.24, 2.45) is 4.99 Å². The summed E-state index contributed by atoms with van der Waals surface area (Å²) in [5.41, 5.74) is 12.7. The SMILES string of the molecule is Cc1ccc(C)c(N=C(NOCc2ccc(Cl)cc2)c2nonc2N)c1. The van der Waals surface area contributed by atoms with Gasteiger partial charge in [-0.1, -0.05) is 35.9 Å². The van der Waals surface area contributed by atoms with Crippen LogP contribution in [-0.4, -0.2) is 16.1 Å². The summed E-state index contributed by atoms with van der Waals surface area (Å²) in [5.74, 6) is 0.433. The molecule has 26 heavy (non-hydrogen) atoms. The van der Waals surface area contributed by atoms with Crippen LogP contribution >= 0.6 is 11.6 Å². The highest BCUT2D eigenvalue weighted by atomic mass is 35.5. The maximum absolute atomic E-state index is 5.88. The number of rotatable bonds is 5. The van der Waals surface area contributed by atoms with Crippen LogP contribution in [0.1, 0.15) is 22.4 Å². The van der Waals surface area contributed by atoms with E-state index in [9.17, 15) is 0 Å². The Morgan fingerprint density at radius 1 is 1.19 bits per heavy atom. The van der Waals surface area contributed by atoms with Crippen molar-refractivity contribution in [1.29, 1.82) is 0 Å². The van der Waals surface area contributed by atoms with Gasteiger partial charge in [0.15, 0.2) is 17.3 Å². The minimum absolute atomic E-state index is 0.122. The monoisotopic (exact) mass is 371 g/mol. The van der Waals surface area contributed by atoms with Crippen molar-refractivity contribution >= 4 is 28.9 Å². The van der Waals surface area contributed by atoms with Gasteiger partial charge in [-0.15, -0.1) is 0 Å². The third kappa shape index (κ3) is 4.38. The largest absolute Gasteiger partial charge is 0.379 e. The number of nitrogens with two attached hydrogens (primary N) is 1. The quantitative estimate of drug-likeness (QED) is 0.403. The third-order valence-corrected chi connectivity index (χ3v) is 3.91. The molecule has 7 nitrogen and oxygen atoms in total. The summed E-state index contributed by atoms with van der Waals surface area (Å²) in [6.45, 7) is 4.26. The lowest BCUT2D eigenvalue weighted by molar-refractivity contribution is 0.0713. The first kappa shape index (κ1) is 17.9. The second-order valence-corrected chi connectivity index (χ2v) is 6.20. The van der Waals surface area contributed by atoms with E-state index < -0.39 is 0 Å². The number of halogens is 1. The standard InChI is InChI=1S/C18H18ClN5O2/c1-11-3-4-12(2)15(9-11)21-18(16-17(20)23-26-22-16)24-25-10-13-5-7-14(19)8-6-13/h3-9H,10H2,1-2H3,(H2,20,23)(H,21,24). The molecular weight excluding hydrogens is 354 g/mol. The maximum atomic E-state index is 5.88. The van der Waals surface area contributed by atoms with Gasteiger partial charge in [0, 0.05) is 5.02 Å². The fraction of sp³-hybridized carbons (Fsp3) is 0.167. The summed E-state index contributed by atoms with van der Waals surface area (Å²) in [5, 5.41) is 8.06. The van der Waals surface area contributed by atoms with Crippen LogP contribution in [-0.2, 0) is 11.4 Å². The van der Waals surface area contributed by atoms with Crippen LogP contribution in [0.3, 0.4) is 0 Å². The molecule has 3 N–H and O–H groups in total. The van der Waals surface area contributed by atoms with Crippen LogP contribution in [0.5, 0.6) is 0 Å². The Bertz CT molecular complexity index is 922. The van der Waals surface area contributed by atoms with Crippen LogP contribution in [0.2, 0.25) is 5.02 Å². The normalized spacial score (nSPS) is 11.6. The number of benzene rings is 2. The Morgan fingerprint density at radius 2 is 1.96 bits per heavy atom. The van der Waals surface area contributed by atoms with Gasteiger partial charge < -0.3 is 5.73 Å². The first-order valence-corrected chi connectivity index (χ1v) is 8.27. The second kappa shape index (κ2) is 7.99. The van der Waals surface area contributed by atoms with Crippen molar-refractivity contribution < 1.29 is 9.47 Å². The van der Waals surface area contributed by atoms with Gasteiger partial charge in [-0.2, -0.15) is 0 Å². The lowest BCUT2D eigenvalue weighted by Crippen LogP contribution is -2.26. The van der Waals surface area contributed by atoms with E-state index >= 15 is 0 Å². The van der Waals surface area contributed by atoms with Crippen molar-refractivity contribution in [1.82, 2.24) is 15.8 Å². The molecule has 0 saturated heterocycles. The number of hydrogen-bond donors (Lipinski definition) is 2. The van der Waals surface area contributed by atoms with E-state index in [1.807, 2.05) is 44.2 Å². The fourth-order valence-electron chi connectivity index (χ4n) is 2.21. The minimum Gasteiger partial charge on any atom is -0.379 e. The molecular formula is C18H18ClN5O2. The summed E-state index contributed by atoms with van der Waals surface area (Å²) in [6.07, 6.45) is 0. The third-order valence-electron chi connectivity index (χ3n) is 3.66. The summed E-state index contributed by atoms with van der Waals surface area (Å²) in [6, 6.07) is 13.3. The van der Waals surface area contributed by atoms with Crippen molar-refractivity contribution in [3.05, 3.63) is 69.9 Å². The van der Waals surface area contributed by atoms with Crippen LogP contribution < -0.4 is 11.2 Å². The van der Waals surface area contributed by atoms with Crippen LogP contribution in [0.15, 0.2) is 52.1 Å². The molecule has 134 valence electrons. The molecule has 1 heterocycles. The molecule has 0 spiro atoms.